The number of fused-ring (bicyclic) bond motifs is 1. The van der Waals surface area contributed by atoms with Crippen molar-refractivity contribution in [3.63, 3.8) is 0 Å². The maximum atomic E-state index is 11.5. The van der Waals surface area contributed by atoms with Crippen LogP contribution in [0.3, 0.4) is 0 Å². The molecule has 0 aromatic rings. The van der Waals surface area contributed by atoms with Crippen LogP contribution in [0.4, 0.5) is 0 Å². The molecule has 1 saturated heterocycles. The summed E-state index contributed by atoms with van der Waals surface area (Å²) in [7, 11) is 0. The lowest BCUT2D eigenvalue weighted by atomic mass is 9.88. The molecule has 2 heteroatoms. The molecule has 0 aromatic heterocycles. The third kappa shape index (κ3) is 1.02. The van der Waals surface area contributed by atoms with Gasteiger partial charge in [-0.2, -0.15) is 0 Å². The Balaban J connectivity index is 2.21. The molecule has 2 aliphatic rings. The van der Waals surface area contributed by atoms with Crippen LogP contribution in [0.25, 0.3) is 0 Å². The standard InChI is InChI=1S/C10H15NO/c1-6(2)10-8-5-11-4-7(8)3-9(10)12/h7-8,10-11H,1,3-5H2,2H3/t7-,8+,10-/m0/s1. The molecule has 1 aliphatic carbocycles. The van der Waals surface area contributed by atoms with E-state index < -0.39 is 0 Å². The first-order valence-corrected chi connectivity index (χ1v) is 4.59. The maximum Gasteiger partial charge on any atom is 0.140 e. The van der Waals surface area contributed by atoms with Crippen LogP contribution >= 0.6 is 0 Å². The molecule has 0 aromatic carbocycles. The van der Waals surface area contributed by atoms with Crippen LogP contribution in [0.2, 0.25) is 0 Å². The molecule has 3 atom stereocenters. The van der Waals surface area contributed by atoms with E-state index >= 15 is 0 Å². The van der Waals surface area contributed by atoms with E-state index in [1.54, 1.807) is 0 Å². The third-order valence-corrected chi connectivity index (χ3v) is 3.16. The monoisotopic (exact) mass is 165 g/mol. The van der Waals surface area contributed by atoms with E-state index in [0.717, 1.165) is 25.1 Å². The number of Topliss-reactive ketones (excluding diaryl/α,β-unsaturated/α-hetero) is 1. The predicted octanol–water partition coefficient (Wildman–Crippen LogP) is 0.987. The Morgan fingerprint density at radius 1 is 1.58 bits per heavy atom. The van der Waals surface area contributed by atoms with Crippen molar-refractivity contribution in [2.45, 2.75) is 13.3 Å². The largest absolute Gasteiger partial charge is 0.316 e. The van der Waals surface area contributed by atoms with Crippen molar-refractivity contribution < 1.29 is 4.79 Å². The van der Waals surface area contributed by atoms with E-state index in [1.165, 1.54) is 0 Å². The number of rotatable bonds is 1. The first-order chi connectivity index (χ1) is 5.70. The van der Waals surface area contributed by atoms with E-state index in [4.69, 9.17) is 0 Å². The molecule has 12 heavy (non-hydrogen) atoms. The molecule has 66 valence electrons. The van der Waals surface area contributed by atoms with Crippen LogP contribution in [-0.4, -0.2) is 18.9 Å². The number of carbonyl (C=O) groups is 1. The van der Waals surface area contributed by atoms with Crippen molar-refractivity contribution >= 4 is 5.78 Å². The second kappa shape index (κ2) is 2.70. The minimum absolute atomic E-state index is 0.157. The normalized spacial score (nSPS) is 40.1. The van der Waals surface area contributed by atoms with Crippen LogP contribution in [0.15, 0.2) is 12.2 Å². The van der Waals surface area contributed by atoms with Gasteiger partial charge >= 0.3 is 0 Å². The molecule has 0 amide bonds. The van der Waals surface area contributed by atoms with Gasteiger partial charge in [-0.25, -0.2) is 0 Å². The summed E-state index contributed by atoms with van der Waals surface area (Å²) in [5.41, 5.74) is 1.05. The highest BCUT2D eigenvalue weighted by Gasteiger charge is 2.44. The SMILES string of the molecule is C=C(C)[C@@H]1C(=O)C[C@H]2CNC[C@H]21. The maximum absolute atomic E-state index is 11.5. The lowest BCUT2D eigenvalue weighted by molar-refractivity contribution is -0.120. The number of hydrogen-bond acceptors (Lipinski definition) is 2. The summed E-state index contributed by atoms with van der Waals surface area (Å²) in [5, 5.41) is 3.34. The topological polar surface area (TPSA) is 29.1 Å². The molecule has 0 bridgehead atoms. The number of carbonyl (C=O) groups excluding carboxylic acids is 1. The van der Waals surface area contributed by atoms with Crippen molar-refractivity contribution in [1.29, 1.82) is 0 Å². The van der Waals surface area contributed by atoms with Gasteiger partial charge in [-0.3, -0.25) is 4.79 Å². The molecule has 1 aliphatic heterocycles. The van der Waals surface area contributed by atoms with Gasteiger partial charge in [-0.05, 0) is 31.8 Å². The zero-order chi connectivity index (χ0) is 8.72. The molecule has 0 unspecified atom stereocenters. The molecular formula is C10H15NO. The van der Waals surface area contributed by atoms with E-state index in [0.29, 0.717) is 17.6 Å². The first kappa shape index (κ1) is 7.99. The first-order valence-electron chi connectivity index (χ1n) is 4.59. The Hall–Kier alpha value is -0.630. The minimum atomic E-state index is 0.157. The lowest BCUT2D eigenvalue weighted by Crippen LogP contribution is -2.21. The molecule has 1 heterocycles. The second-order valence-electron chi connectivity index (χ2n) is 4.08. The highest BCUT2D eigenvalue weighted by Crippen LogP contribution is 2.39. The van der Waals surface area contributed by atoms with Crippen LogP contribution in [0, 0.1) is 17.8 Å². The van der Waals surface area contributed by atoms with Gasteiger partial charge in [0.2, 0.25) is 0 Å². The predicted molar refractivity (Wildman–Crippen MR) is 47.8 cm³/mol. The molecule has 0 radical (unpaired) electrons. The van der Waals surface area contributed by atoms with Crippen LogP contribution in [0.1, 0.15) is 13.3 Å². The highest BCUT2D eigenvalue weighted by molar-refractivity contribution is 5.86. The summed E-state index contributed by atoms with van der Waals surface area (Å²) in [6.07, 6.45) is 0.773. The van der Waals surface area contributed by atoms with Gasteiger partial charge in [0.25, 0.3) is 0 Å². The summed E-state index contributed by atoms with van der Waals surface area (Å²) in [4.78, 5) is 11.5. The fourth-order valence-electron chi connectivity index (χ4n) is 2.63. The Morgan fingerprint density at radius 3 is 3.00 bits per heavy atom. The fraction of sp³-hybridized carbons (Fsp3) is 0.700. The zero-order valence-corrected chi connectivity index (χ0v) is 7.47. The van der Waals surface area contributed by atoms with Crippen molar-refractivity contribution in [3.05, 3.63) is 12.2 Å². The van der Waals surface area contributed by atoms with Gasteiger partial charge in [0.1, 0.15) is 5.78 Å². The minimum Gasteiger partial charge on any atom is -0.316 e. The quantitative estimate of drug-likeness (QED) is 0.587. The second-order valence-corrected chi connectivity index (χ2v) is 4.08. The van der Waals surface area contributed by atoms with Gasteiger partial charge in [-0.1, -0.05) is 12.2 Å². The van der Waals surface area contributed by atoms with Gasteiger partial charge in [0.05, 0.1) is 0 Å². The molecule has 0 spiro atoms. The number of hydrogen-bond donors (Lipinski definition) is 1. The van der Waals surface area contributed by atoms with Crippen LogP contribution in [0.5, 0.6) is 0 Å². The Morgan fingerprint density at radius 2 is 2.33 bits per heavy atom. The smallest absolute Gasteiger partial charge is 0.140 e. The van der Waals surface area contributed by atoms with E-state index in [-0.39, 0.29) is 5.92 Å². The van der Waals surface area contributed by atoms with Crippen LogP contribution < -0.4 is 5.32 Å². The molecule has 2 fully saturated rings. The fourth-order valence-corrected chi connectivity index (χ4v) is 2.63. The van der Waals surface area contributed by atoms with Crippen molar-refractivity contribution in [2.75, 3.05) is 13.1 Å². The van der Waals surface area contributed by atoms with Crippen molar-refractivity contribution in [3.8, 4) is 0 Å². The van der Waals surface area contributed by atoms with Gasteiger partial charge in [0.15, 0.2) is 0 Å². The third-order valence-electron chi connectivity index (χ3n) is 3.16. The Labute approximate surface area is 73.0 Å². The number of ketones is 1. The van der Waals surface area contributed by atoms with Gasteiger partial charge < -0.3 is 5.32 Å². The Bertz CT molecular complexity index is 234. The van der Waals surface area contributed by atoms with Crippen LogP contribution in [-0.2, 0) is 4.79 Å². The van der Waals surface area contributed by atoms with E-state index in [9.17, 15) is 4.79 Å². The molecular weight excluding hydrogens is 150 g/mol. The average Bonchev–Trinajstić information content (AvgIpc) is 2.44. The number of nitrogens with one attached hydrogen (secondary N) is 1. The molecule has 1 saturated carbocycles. The van der Waals surface area contributed by atoms with Crippen molar-refractivity contribution in [2.24, 2.45) is 17.8 Å². The summed E-state index contributed by atoms with van der Waals surface area (Å²) in [6, 6.07) is 0. The molecule has 1 N–H and O–H groups in total. The lowest BCUT2D eigenvalue weighted by Gasteiger charge is -2.15. The van der Waals surface area contributed by atoms with Gasteiger partial charge in [-0.15, -0.1) is 0 Å². The van der Waals surface area contributed by atoms with E-state index in [1.807, 2.05) is 6.92 Å². The average molecular weight is 165 g/mol. The summed E-state index contributed by atoms with van der Waals surface area (Å²) in [6.45, 7) is 7.91. The Kier molecular flexibility index (Phi) is 1.80. The summed E-state index contributed by atoms with van der Waals surface area (Å²) < 4.78 is 0. The zero-order valence-electron chi connectivity index (χ0n) is 7.47. The van der Waals surface area contributed by atoms with Crippen molar-refractivity contribution in [1.82, 2.24) is 5.32 Å². The highest BCUT2D eigenvalue weighted by atomic mass is 16.1. The molecule has 2 rings (SSSR count). The summed E-state index contributed by atoms with van der Waals surface area (Å²) in [5.74, 6) is 1.72. The molecule has 2 nitrogen and oxygen atoms in total. The van der Waals surface area contributed by atoms with Gasteiger partial charge in [0, 0.05) is 12.3 Å². The summed E-state index contributed by atoms with van der Waals surface area (Å²) >= 11 is 0. The number of allylic oxidation sites excluding steroid dienone is 1. The van der Waals surface area contributed by atoms with E-state index in [2.05, 4.69) is 11.9 Å².